The van der Waals surface area contributed by atoms with E-state index in [0.29, 0.717) is 11.1 Å². The van der Waals surface area contributed by atoms with Crippen LogP contribution in [0.15, 0.2) is 30.6 Å². The van der Waals surface area contributed by atoms with E-state index in [0.717, 1.165) is 18.5 Å². The van der Waals surface area contributed by atoms with Gasteiger partial charge in [-0.2, -0.15) is 5.10 Å². The molecule has 0 amide bonds. The van der Waals surface area contributed by atoms with Crippen molar-refractivity contribution in [3.8, 4) is 0 Å². The third kappa shape index (κ3) is 3.01. The van der Waals surface area contributed by atoms with E-state index >= 15 is 0 Å². The Bertz CT molecular complexity index is 548. The van der Waals surface area contributed by atoms with Gasteiger partial charge in [0.15, 0.2) is 0 Å². The van der Waals surface area contributed by atoms with Crippen LogP contribution in [0.1, 0.15) is 36.1 Å². The maximum Gasteiger partial charge on any atom is 0.131 e. The molecule has 0 aliphatic carbocycles. The molecule has 0 saturated heterocycles. The van der Waals surface area contributed by atoms with E-state index in [4.69, 9.17) is 0 Å². The molecular formula is C15H20FN3. The molecule has 102 valence electrons. The van der Waals surface area contributed by atoms with E-state index < -0.39 is 0 Å². The largest absolute Gasteiger partial charge is 0.306 e. The summed E-state index contributed by atoms with van der Waals surface area (Å²) >= 11 is 0. The number of hydrogen-bond acceptors (Lipinski definition) is 2. The molecule has 0 radical (unpaired) electrons. The molecule has 3 nitrogen and oxygen atoms in total. The van der Waals surface area contributed by atoms with E-state index in [9.17, 15) is 4.39 Å². The zero-order valence-electron chi connectivity index (χ0n) is 11.7. The van der Waals surface area contributed by atoms with Crippen LogP contribution in [0.5, 0.6) is 0 Å². The third-order valence-electron chi connectivity index (χ3n) is 3.19. The number of hydrogen-bond donors (Lipinski definition) is 1. The molecule has 1 N–H and O–H groups in total. The van der Waals surface area contributed by atoms with Gasteiger partial charge in [-0.3, -0.25) is 4.68 Å². The first-order valence-corrected chi connectivity index (χ1v) is 6.60. The predicted molar refractivity (Wildman–Crippen MR) is 74.5 cm³/mol. The normalized spacial score (nSPS) is 12.6. The average molecular weight is 261 g/mol. The van der Waals surface area contributed by atoms with Crippen LogP contribution >= 0.6 is 0 Å². The lowest BCUT2D eigenvalue weighted by Gasteiger charge is -2.19. The van der Waals surface area contributed by atoms with Gasteiger partial charge in [0.05, 0.1) is 12.2 Å². The highest BCUT2D eigenvalue weighted by atomic mass is 19.1. The van der Waals surface area contributed by atoms with Gasteiger partial charge in [-0.05, 0) is 25.5 Å². The number of nitrogens with one attached hydrogen (secondary N) is 1. The van der Waals surface area contributed by atoms with Gasteiger partial charge in [0, 0.05) is 24.4 Å². The first-order chi connectivity index (χ1) is 9.13. The van der Waals surface area contributed by atoms with E-state index in [1.165, 1.54) is 0 Å². The first kappa shape index (κ1) is 13.7. The summed E-state index contributed by atoms with van der Waals surface area (Å²) < 4.78 is 16.0. The van der Waals surface area contributed by atoms with Gasteiger partial charge in [-0.15, -0.1) is 0 Å². The van der Waals surface area contributed by atoms with Gasteiger partial charge < -0.3 is 5.32 Å². The highest BCUT2D eigenvalue weighted by Gasteiger charge is 2.19. The van der Waals surface area contributed by atoms with Crippen molar-refractivity contribution in [3.63, 3.8) is 0 Å². The van der Waals surface area contributed by atoms with E-state index in [2.05, 4.69) is 17.3 Å². The van der Waals surface area contributed by atoms with E-state index in [1.54, 1.807) is 23.9 Å². The van der Waals surface area contributed by atoms with Crippen LogP contribution in [-0.2, 0) is 7.05 Å². The predicted octanol–water partition coefficient (Wildman–Crippen LogP) is 2.96. The number of nitrogens with zero attached hydrogens (tertiary/aromatic N) is 2. The third-order valence-corrected chi connectivity index (χ3v) is 3.19. The molecule has 1 atom stereocenters. The van der Waals surface area contributed by atoms with Gasteiger partial charge in [0.1, 0.15) is 5.82 Å². The highest BCUT2D eigenvalue weighted by Crippen LogP contribution is 2.25. The lowest BCUT2D eigenvalue weighted by Crippen LogP contribution is -2.24. The van der Waals surface area contributed by atoms with Gasteiger partial charge in [0.2, 0.25) is 0 Å². The number of aryl methyl sites for hydroxylation is 2. The number of aromatic nitrogens is 2. The fourth-order valence-corrected chi connectivity index (χ4v) is 2.18. The van der Waals surface area contributed by atoms with Crippen LogP contribution in [0.3, 0.4) is 0 Å². The molecule has 0 aliphatic heterocycles. The van der Waals surface area contributed by atoms with Crippen molar-refractivity contribution in [2.24, 2.45) is 7.05 Å². The molecule has 1 heterocycles. The van der Waals surface area contributed by atoms with Crippen molar-refractivity contribution >= 4 is 0 Å². The second-order valence-corrected chi connectivity index (χ2v) is 4.81. The van der Waals surface area contributed by atoms with Crippen molar-refractivity contribution in [1.29, 1.82) is 0 Å². The second kappa shape index (κ2) is 5.97. The smallest absolute Gasteiger partial charge is 0.131 e. The molecule has 0 aliphatic rings. The Morgan fingerprint density at radius 3 is 2.84 bits per heavy atom. The van der Waals surface area contributed by atoms with Crippen LogP contribution in [-0.4, -0.2) is 16.3 Å². The maximum atomic E-state index is 14.3. The molecule has 1 aromatic carbocycles. The fraction of sp³-hybridized carbons (Fsp3) is 0.400. The first-order valence-electron chi connectivity index (χ1n) is 6.60. The summed E-state index contributed by atoms with van der Waals surface area (Å²) in [7, 11) is 1.87. The molecule has 2 aromatic rings. The molecule has 1 aromatic heterocycles. The molecule has 0 fully saturated rings. The Hall–Kier alpha value is -1.68. The Labute approximate surface area is 113 Å². The quantitative estimate of drug-likeness (QED) is 0.896. The van der Waals surface area contributed by atoms with Crippen LogP contribution in [0.2, 0.25) is 0 Å². The van der Waals surface area contributed by atoms with Crippen LogP contribution in [0.4, 0.5) is 4.39 Å². The lowest BCUT2D eigenvalue weighted by atomic mass is 9.99. The molecule has 0 bridgehead atoms. The molecule has 2 rings (SSSR count). The Morgan fingerprint density at radius 2 is 2.21 bits per heavy atom. The van der Waals surface area contributed by atoms with Crippen molar-refractivity contribution in [2.45, 2.75) is 26.3 Å². The van der Waals surface area contributed by atoms with E-state index in [1.807, 2.05) is 25.4 Å². The minimum Gasteiger partial charge on any atom is -0.306 e. The summed E-state index contributed by atoms with van der Waals surface area (Å²) in [6.07, 6.45) is 4.72. The molecule has 0 spiro atoms. The SMILES string of the molecule is CCCNC(c1cnn(C)c1)c1cccc(C)c1F. The van der Waals surface area contributed by atoms with Gasteiger partial charge in [-0.25, -0.2) is 4.39 Å². The summed E-state index contributed by atoms with van der Waals surface area (Å²) in [6, 6.07) is 5.38. The summed E-state index contributed by atoms with van der Waals surface area (Å²) in [4.78, 5) is 0. The number of halogens is 1. The highest BCUT2D eigenvalue weighted by molar-refractivity contribution is 5.33. The fourth-order valence-electron chi connectivity index (χ4n) is 2.18. The lowest BCUT2D eigenvalue weighted by molar-refractivity contribution is 0.542. The second-order valence-electron chi connectivity index (χ2n) is 4.81. The zero-order valence-corrected chi connectivity index (χ0v) is 11.7. The molecular weight excluding hydrogens is 241 g/mol. The standard InChI is InChI=1S/C15H20FN3/c1-4-8-17-15(12-9-18-19(3)10-12)13-7-5-6-11(2)14(13)16/h5-7,9-10,15,17H,4,8H2,1-3H3. The summed E-state index contributed by atoms with van der Waals surface area (Å²) in [5.74, 6) is -0.139. The van der Waals surface area contributed by atoms with Gasteiger partial charge >= 0.3 is 0 Å². The Kier molecular flexibility index (Phi) is 4.32. The Morgan fingerprint density at radius 1 is 1.42 bits per heavy atom. The molecule has 0 saturated carbocycles. The average Bonchev–Trinajstić information content (AvgIpc) is 2.81. The summed E-state index contributed by atoms with van der Waals surface area (Å²) in [5, 5.41) is 7.57. The number of rotatable bonds is 5. The molecule has 19 heavy (non-hydrogen) atoms. The number of benzene rings is 1. The van der Waals surface area contributed by atoms with E-state index in [-0.39, 0.29) is 11.9 Å². The topological polar surface area (TPSA) is 29.9 Å². The molecule has 4 heteroatoms. The van der Waals surface area contributed by atoms with Crippen molar-refractivity contribution in [3.05, 3.63) is 53.1 Å². The van der Waals surface area contributed by atoms with Crippen molar-refractivity contribution < 1.29 is 4.39 Å². The van der Waals surface area contributed by atoms with Crippen LogP contribution < -0.4 is 5.32 Å². The van der Waals surface area contributed by atoms with Gasteiger partial charge in [0.25, 0.3) is 0 Å². The van der Waals surface area contributed by atoms with Gasteiger partial charge in [-0.1, -0.05) is 25.1 Å². The summed E-state index contributed by atoms with van der Waals surface area (Å²) in [5.41, 5.74) is 2.34. The Balaban J connectivity index is 2.39. The van der Waals surface area contributed by atoms with Crippen LogP contribution in [0, 0.1) is 12.7 Å². The minimum absolute atomic E-state index is 0.139. The van der Waals surface area contributed by atoms with Crippen molar-refractivity contribution in [1.82, 2.24) is 15.1 Å². The monoisotopic (exact) mass is 261 g/mol. The minimum atomic E-state index is -0.145. The van der Waals surface area contributed by atoms with Crippen LogP contribution in [0.25, 0.3) is 0 Å². The van der Waals surface area contributed by atoms with Crippen molar-refractivity contribution in [2.75, 3.05) is 6.54 Å². The zero-order chi connectivity index (χ0) is 13.8. The summed E-state index contributed by atoms with van der Waals surface area (Å²) in [6.45, 7) is 4.73. The maximum absolute atomic E-state index is 14.3. The molecule has 1 unspecified atom stereocenters.